The van der Waals surface area contributed by atoms with E-state index in [-0.39, 0.29) is 33.7 Å². The number of thiophene rings is 2. The van der Waals surface area contributed by atoms with Gasteiger partial charge in [0, 0.05) is 60.5 Å². The van der Waals surface area contributed by atoms with Crippen molar-refractivity contribution in [2.24, 2.45) is 0 Å². The Morgan fingerprint density at radius 2 is 1.08 bits per heavy atom. The summed E-state index contributed by atoms with van der Waals surface area (Å²) >= 11 is 15.0. The molecule has 0 aliphatic carbocycles. The first-order chi connectivity index (χ1) is 31.4. The van der Waals surface area contributed by atoms with Gasteiger partial charge < -0.3 is 30.3 Å². The number of halogens is 3. The van der Waals surface area contributed by atoms with E-state index in [1.54, 1.807) is 30.3 Å². The van der Waals surface area contributed by atoms with E-state index < -0.39 is 5.82 Å². The molecule has 65 heavy (non-hydrogen) atoms. The summed E-state index contributed by atoms with van der Waals surface area (Å²) in [6.07, 6.45) is 0. The van der Waals surface area contributed by atoms with Crippen LogP contribution in [0.4, 0.5) is 4.39 Å². The zero-order valence-corrected chi connectivity index (χ0v) is 39.3. The normalized spacial score (nSPS) is 11.1. The van der Waals surface area contributed by atoms with Crippen LogP contribution in [0.5, 0.6) is 23.0 Å². The van der Waals surface area contributed by atoms with Gasteiger partial charge in [-0.1, -0.05) is 61.3 Å². The van der Waals surface area contributed by atoms with Crippen molar-refractivity contribution in [3.8, 4) is 45.3 Å². The Bertz CT molecular complexity index is 2960. The van der Waals surface area contributed by atoms with Crippen LogP contribution in [0.25, 0.3) is 42.4 Å². The highest BCUT2D eigenvalue weighted by Crippen LogP contribution is 2.44. The predicted octanol–water partition coefficient (Wildman–Crippen LogP) is 13.0. The topological polar surface area (TPSA) is 117 Å². The number of ketones is 2. The third-order valence-electron chi connectivity index (χ3n) is 10.5. The standard InChI is InChI=1S/C27H26ClNO3S.C25H21ClFNO3S/c1-4-29-11-12-32-21-8-5-18(6-9-21)25-22-10-7-20(30)15-23(22)33-27(25)26(31)24-16(2)13-19(28)14-17(24)3;1-2-28-11-12-31-18-7-3-15(4-8-18)23-20-10-6-17(29)14-22(20)32-25(23)24(30)19-9-5-16(27)13-21(19)26/h5-10,13-15,29-30H,4,11-12H2,1-3H3;3-10,13-14,28-29H,2,11-12H2,1H3. The van der Waals surface area contributed by atoms with Crippen molar-refractivity contribution in [1.82, 2.24) is 10.6 Å². The predicted molar refractivity (Wildman–Crippen MR) is 265 cm³/mol. The van der Waals surface area contributed by atoms with Gasteiger partial charge in [-0.05, 0) is 140 Å². The maximum Gasteiger partial charge on any atom is 0.205 e. The largest absolute Gasteiger partial charge is 0.508 e. The van der Waals surface area contributed by atoms with Crippen LogP contribution >= 0.6 is 45.9 Å². The van der Waals surface area contributed by atoms with E-state index in [9.17, 15) is 24.2 Å². The van der Waals surface area contributed by atoms with Crippen molar-refractivity contribution in [3.63, 3.8) is 0 Å². The van der Waals surface area contributed by atoms with Crippen molar-refractivity contribution < 1.29 is 33.7 Å². The molecule has 0 spiro atoms. The summed E-state index contributed by atoms with van der Waals surface area (Å²) in [5.74, 6) is 0.980. The molecule has 0 saturated heterocycles. The van der Waals surface area contributed by atoms with Gasteiger partial charge in [-0.25, -0.2) is 4.39 Å². The number of likely N-dealkylation sites (N-methyl/N-ethyl adjacent to an activating group) is 2. The molecule has 8 nitrogen and oxygen atoms in total. The third kappa shape index (κ3) is 11.0. The van der Waals surface area contributed by atoms with Crippen molar-refractivity contribution in [2.75, 3.05) is 39.4 Å². The summed E-state index contributed by atoms with van der Waals surface area (Å²) in [5.41, 5.74) is 5.97. The average Bonchev–Trinajstić information content (AvgIpc) is 3.85. The number of rotatable bonds is 16. The van der Waals surface area contributed by atoms with Crippen LogP contribution in [0.1, 0.15) is 55.4 Å². The molecule has 0 radical (unpaired) electrons. The lowest BCUT2D eigenvalue weighted by Crippen LogP contribution is -2.20. The van der Waals surface area contributed by atoms with Gasteiger partial charge in [0.2, 0.25) is 11.6 Å². The smallest absolute Gasteiger partial charge is 0.205 e. The van der Waals surface area contributed by atoms with Crippen molar-refractivity contribution in [1.29, 1.82) is 0 Å². The second-order valence-electron chi connectivity index (χ2n) is 15.1. The zero-order valence-electron chi connectivity index (χ0n) is 36.2. The minimum Gasteiger partial charge on any atom is -0.508 e. The maximum atomic E-state index is 13.8. The summed E-state index contributed by atoms with van der Waals surface area (Å²) in [6.45, 7) is 12.4. The van der Waals surface area contributed by atoms with E-state index in [2.05, 4.69) is 17.6 Å². The van der Waals surface area contributed by atoms with Crippen molar-refractivity contribution >= 4 is 77.6 Å². The van der Waals surface area contributed by atoms with E-state index in [0.29, 0.717) is 33.6 Å². The van der Waals surface area contributed by atoms with E-state index in [4.69, 9.17) is 32.7 Å². The lowest BCUT2D eigenvalue weighted by molar-refractivity contribution is 0.103. The number of phenols is 2. The first-order valence-corrected chi connectivity index (χ1v) is 23.5. The Balaban J connectivity index is 0.000000194. The number of hydrogen-bond donors (Lipinski definition) is 4. The molecule has 6 aromatic carbocycles. The lowest BCUT2D eigenvalue weighted by Gasteiger charge is -2.11. The van der Waals surface area contributed by atoms with Crippen LogP contribution in [0, 0.1) is 19.7 Å². The molecule has 0 bridgehead atoms. The van der Waals surface area contributed by atoms with Crippen LogP contribution in [0.2, 0.25) is 10.0 Å². The van der Waals surface area contributed by atoms with Crippen molar-refractivity contribution in [2.45, 2.75) is 27.7 Å². The molecule has 0 atom stereocenters. The van der Waals surface area contributed by atoms with Crippen LogP contribution < -0.4 is 20.1 Å². The molecule has 0 aliphatic rings. The first kappa shape index (κ1) is 47.2. The quantitative estimate of drug-likeness (QED) is 0.0559. The summed E-state index contributed by atoms with van der Waals surface area (Å²) in [7, 11) is 0. The summed E-state index contributed by atoms with van der Waals surface area (Å²) in [4.78, 5) is 28.3. The van der Waals surface area contributed by atoms with E-state index in [0.717, 1.165) is 97.3 Å². The molecule has 8 aromatic rings. The molecule has 2 aromatic heterocycles. The molecule has 0 aliphatic heterocycles. The van der Waals surface area contributed by atoms with Gasteiger partial charge in [-0.15, -0.1) is 22.7 Å². The Morgan fingerprint density at radius 3 is 1.52 bits per heavy atom. The van der Waals surface area contributed by atoms with E-state index >= 15 is 0 Å². The monoisotopic (exact) mass is 948 g/mol. The molecule has 0 saturated carbocycles. The average molecular weight is 950 g/mol. The Morgan fingerprint density at radius 1 is 0.615 bits per heavy atom. The molecule has 0 unspecified atom stereocenters. The van der Waals surface area contributed by atoms with Gasteiger partial charge in [0.05, 0.1) is 14.8 Å². The second-order valence-corrected chi connectivity index (χ2v) is 18.1. The van der Waals surface area contributed by atoms with Crippen molar-refractivity contribution in [3.05, 3.63) is 163 Å². The fraction of sp³-hybridized carbons (Fsp3) is 0.192. The maximum absolute atomic E-state index is 13.8. The second kappa shape index (κ2) is 21.5. The number of carbonyl (C=O) groups is 2. The highest BCUT2D eigenvalue weighted by molar-refractivity contribution is 7.22. The minimum atomic E-state index is -0.502. The van der Waals surface area contributed by atoms with Gasteiger partial charge >= 0.3 is 0 Å². The number of aryl methyl sites for hydroxylation is 2. The molecule has 0 fully saturated rings. The van der Waals surface area contributed by atoms with Crippen LogP contribution in [0.15, 0.2) is 115 Å². The molecule has 2 heterocycles. The number of hydrogen-bond acceptors (Lipinski definition) is 10. The highest BCUT2D eigenvalue weighted by Gasteiger charge is 2.25. The molecular weight excluding hydrogens is 903 g/mol. The third-order valence-corrected chi connectivity index (χ3v) is 13.4. The molecule has 334 valence electrons. The van der Waals surface area contributed by atoms with Gasteiger partial charge in [-0.3, -0.25) is 9.59 Å². The Kier molecular flexibility index (Phi) is 15.6. The number of carbonyl (C=O) groups excluding carboxylic acids is 2. The summed E-state index contributed by atoms with van der Waals surface area (Å²) in [6, 6.07) is 33.0. The number of ether oxygens (including phenoxy) is 2. The summed E-state index contributed by atoms with van der Waals surface area (Å²) < 4.78 is 26.7. The molecule has 0 amide bonds. The fourth-order valence-corrected chi connectivity index (χ4v) is 10.5. The molecular formula is C52H47Cl2FN2O6S2. The highest BCUT2D eigenvalue weighted by atomic mass is 35.5. The first-order valence-electron chi connectivity index (χ1n) is 21.1. The van der Waals surface area contributed by atoms with Gasteiger partial charge in [-0.2, -0.15) is 0 Å². The Labute approximate surface area is 395 Å². The van der Waals surface area contributed by atoms with Gasteiger partial charge in [0.1, 0.15) is 42.0 Å². The van der Waals surface area contributed by atoms with Gasteiger partial charge in [0.25, 0.3) is 0 Å². The summed E-state index contributed by atoms with van der Waals surface area (Å²) in [5, 5.41) is 28.8. The zero-order chi connectivity index (χ0) is 46.2. The fourth-order valence-electron chi connectivity index (χ4n) is 7.51. The lowest BCUT2D eigenvalue weighted by atomic mass is 9.94. The van der Waals surface area contributed by atoms with Gasteiger partial charge in [0.15, 0.2) is 0 Å². The number of phenolic OH excluding ortho intramolecular Hbond substituents is 2. The Hall–Kier alpha value is -5.79. The van der Waals surface area contributed by atoms with E-state index in [1.165, 1.54) is 34.8 Å². The number of aromatic hydroxyl groups is 2. The molecule has 8 rings (SSSR count). The van der Waals surface area contributed by atoms with Crippen LogP contribution in [0.3, 0.4) is 0 Å². The minimum absolute atomic E-state index is 0.0386. The van der Waals surface area contributed by atoms with Crippen LogP contribution in [-0.4, -0.2) is 61.2 Å². The van der Waals surface area contributed by atoms with Crippen LogP contribution in [-0.2, 0) is 0 Å². The number of benzene rings is 6. The number of nitrogens with one attached hydrogen (secondary N) is 2. The number of fused-ring (bicyclic) bond motifs is 2. The SMILES string of the molecule is CCNCCOc1ccc(-c2c(C(=O)c3c(C)cc(Cl)cc3C)sc3cc(O)ccc23)cc1.CCNCCOc1ccc(-c2c(C(=O)c3ccc(F)cc3Cl)sc3cc(O)ccc23)cc1. The molecule has 4 N–H and O–H groups in total. The van der Waals surface area contributed by atoms with E-state index in [1.807, 2.05) is 87.5 Å². The molecule has 13 heteroatoms.